The second-order valence-electron chi connectivity index (χ2n) is 11.5. The molecule has 1 atom stereocenters. The van der Waals surface area contributed by atoms with Crippen LogP contribution in [0.4, 0.5) is 11.6 Å². The van der Waals surface area contributed by atoms with Crippen LogP contribution in [0.1, 0.15) is 50.3 Å². The maximum Gasteiger partial charge on any atom is 0.232 e. The molecule has 0 bridgehead atoms. The first kappa shape index (κ1) is 26.7. The molecular weight excluding hydrogens is 536 g/mol. The zero-order valence-electron chi connectivity index (χ0n) is 23.8. The number of aromatic nitrogens is 4. The summed E-state index contributed by atoms with van der Waals surface area (Å²) in [5.41, 5.74) is 4.67. The Labute approximate surface area is 242 Å². The van der Waals surface area contributed by atoms with Crippen LogP contribution in [0.2, 0.25) is 0 Å². The molecule has 3 aromatic heterocycles. The van der Waals surface area contributed by atoms with E-state index in [-0.39, 0.29) is 6.10 Å². The zero-order chi connectivity index (χ0) is 29.0. The SMILES string of the molecule is COc1cc(C(O)N2CC2)ccc1Nc1nc(OC2CCC(C)(O)CC2)c2c(-c3ccc4nc(C)oc4c3)c[nH]c2n1. The van der Waals surface area contributed by atoms with Gasteiger partial charge in [-0.3, -0.25) is 4.90 Å². The van der Waals surface area contributed by atoms with Gasteiger partial charge in [0.15, 0.2) is 11.5 Å². The van der Waals surface area contributed by atoms with Crippen LogP contribution in [-0.4, -0.2) is 67.0 Å². The Morgan fingerprint density at radius 1 is 1.12 bits per heavy atom. The Morgan fingerprint density at radius 2 is 1.93 bits per heavy atom. The quantitative estimate of drug-likeness (QED) is 0.184. The third kappa shape index (κ3) is 5.15. The Balaban J connectivity index is 1.27. The highest BCUT2D eigenvalue weighted by atomic mass is 16.5. The molecule has 1 saturated carbocycles. The van der Waals surface area contributed by atoms with Crippen LogP contribution in [0.5, 0.6) is 11.6 Å². The third-order valence-electron chi connectivity index (χ3n) is 8.19. The summed E-state index contributed by atoms with van der Waals surface area (Å²) in [6.45, 7) is 5.46. The van der Waals surface area contributed by atoms with Crippen molar-refractivity contribution in [2.75, 3.05) is 25.5 Å². The second kappa shape index (κ2) is 10.3. The normalized spacial score (nSPS) is 21.5. The molecule has 1 saturated heterocycles. The summed E-state index contributed by atoms with van der Waals surface area (Å²) in [5.74, 6) is 1.97. The average Bonchev–Trinajstić information content (AvgIpc) is 3.63. The van der Waals surface area contributed by atoms with Gasteiger partial charge in [0.25, 0.3) is 0 Å². The molecule has 0 amide bonds. The van der Waals surface area contributed by atoms with E-state index in [1.807, 2.05) is 61.3 Å². The number of H-pyrrole nitrogens is 1. The molecule has 5 aromatic rings. The highest BCUT2D eigenvalue weighted by Crippen LogP contribution is 2.39. The van der Waals surface area contributed by atoms with Crippen LogP contribution < -0.4 is 14.8 Å². The first-order valence-corrected chi connectivity index (χ1v) is 14.3. The van der Waals surface area contributed by atoms with Crippen LogP contribution >= 0.6 is 0 Å². The molecule has 2 aromatic carbocycles. The Kier molecular flexibility index (Phi) is 6.52. The van der Waals surface area contributed by atoms with Gasteiger partial charge in [-0.2, -0.15) is 9.97 Å². The summed E-state index contributed by atoms with van der Waals surface area (Å²) in [6.07, 6.45) is 3.91. The number of aliphatic hydroxyl groups is 2. The van der Waals surface area contributed by atoms with Crippen LogP contribution in [0, 0.1) is 6.92 Å². The van der Waals surface area contributed by atoms with Gasteiger partial charge in [-0.05, 0) is 68.0 Å². The van der Waals surface area contributed by atoms with Crippen LogP contribution in [0.3, 0.4) is 0 Å². The molecule has 1 unspecified atom stereocenters. The van der Waals surface area contributed by atoms with Crippen LogP contribution in [0.25, 0.3) is 33.3 Å². The molecule has 0 radical (unpaired) electrons. The monoisotopic (exact) mass is 570 g/mol. The topological polar surface area (TPSA) is 142 Å². The largest absolute Gasteiger partial charge is 0.495 e. The summed E-state index contributed by atoms with van der Waals surface area (Å²) in [6, 6.07) is 11.4. The molecule has 42 heavy (non-hydrogen) atoms. The van der Waals surface area contributed by atoms with Crippen molar-refractivity contribution >= 4 is 33.8 Å². The number of rotatable bonds is 8. The van der Waals surface area contributed by atoms with E-state index in [9.17, 15) is 10.2 Å². The Morgan fingerprint density at radius 3 is 2.69 bits per heavy atom. The van der Waals surface area contributed by atoms with E-state index in [1.54, 1.807) is 7.11 Å². The number of nitrogens with one attached hydrogen (secondary N) is 2. The number of hydrogen-bond donors (Lipinski definition) is 4. The molecule has 2 aliphatic rings. The van der Waals surface area contributed by atoms with E-state index in [0.29, 0.717) is 53.2 Å². The smallest absolute Gasteiger partial charge is 0.232 e. The number of aliphatic hydroxyl groups excluding tert-OH is 1. The highest BCUT2D eigenvalue weighted by molar-refractivity contribution is 5.99. The van der Waals surface area contributed by atoms with E-state index in [1.165, 1.54) is 0 Å². The van der Waals surface area contributed by atoms with Gasteiger partial charge in [-0.25, -0.2) is 4.98 Å². The minimum Gasteiger partial charge on any atom is -0.495 e. The second-order valence-corrected chi connectivity index (χ2v) is 11.5. The first-order chi connectivity index (χ1) is 20.3. The van der Waals surface area contributed by atoms with Crippen molar-refractivity contribution in [3.8, 4) is 22.8 Å². The number of benzene rings is 2. The molecule has 11 nitrogen and oxygen atoms in total. The maximum absolute atomic E-state index is 10.5. The van der Waals surface area contributed by atoms with E-state index < -0.39 is 11.8 Å². The number of anilines is 2. The number of aromatic amines is 1. The van der Waals surface area contributed by atoms with Gasteiger partial charge < -0.3 is 34.4 Å². The maximum atomic E-state index is 10.5. The van der Waals surface area contributed by atoms with Gasteiger partial charge in [-0.1, -0.05) is 12.1 Å². The van der Waals surface area contributed by atoms with Gasteiger partial charge in [0.2, 0.25) is 11.8 Å². The predicted octanol–water partition coefficient (Wildman–Crippen LogP) is 5.21. The summed E-state index contributed by atoms with van der Waals surface area (Å²) >= 11 is 0. The van der Waals surface area contributed by atoms with E-state index >= 15 is 0 Å². The summed E-state index contributed by atoms with van der Waals surface area (Å²) in [4.78, 5) is 19.3. The van der Waals surface area contributed by atoms with Crippen molar-refractivity contribution < 1.29 is 24.1 Å². The van der Waals surface area contributed by atoms with E-state index in [0.717, 1.165) is 53.5 Å². The fourth-order valence-corrected chi connectivity index (χ4v) is 5.67. The summed E-state index contributed by atoms with van der Waals surface area (Å²) in [5, 5.41) is 25.1. The number of oxazole rings is 1. The van der Waals surface area contributed by atoms with Gasteiger partial charge in [-0.15, -0.1) is 0 Å². The number of fused-ring (bicyclic) bond motifs is 2. The van der Waals surface area contributed by atoms with E-state index in [4.69, 9.17) is 23.9 Å². The number of aryl methyl sites for hydroxylation is 1. The number of nitrogens with zero attached hydrogens (tertiary/aromatic N) is 4. The summed E-state index contributed by atoms with van der Waals surface area (Å²) in [7, 11) is 1.59. The van der Waals surface area contributed by atoms with Gasteiger partial charge in [0, 0.05) is 31.8 Å². The lowest BCUT2D eigenvalue weighted by Gasteiger charge is -2.33. The lowest BCUT2D eigenvalue weighted by atomic mass is 9.85. The molecule has 2 fully saturated rings. The molecule has 218 valence electrons. The molecule has 1 aliphatic carbocycles. The molecule has 4 heterocycles. The third-order valence-corrected chi connectivity index (χ3v) is 8.19. The lowest BCUT2D eigenvalue weighted by Crippen LogP contribution is -2.35. The Bertz CT molecular complexity index is 1760. The molecule has 1 aliphatic heterocycles. The summed E-state index contributed by atoms with van der Waals surface area (Å²) < 4.78 is 18.0. The Hall–Kier alpha value is -4.19. The zero-order valence-corrected chi connectivity index (χ0v) is 23.8. The van der Waals surface area contributed by atoms with Crippen LogP contribution in [-0.2, 0) is 0 Å². The fraction of sp³-hybridized carbons (Fsp3) is 0.387. The minimum absolute atomic E-state index is 0.0916. The number of methoxy groups -OCH3 is 1. The predicted molar refractivity (Wildman–Crippen MR) is 158 cm³/mol. The van der Waals surface area contributed by atoms with Crippen molar-refractivity contribution in [2.45, 2.75) is 57.5 Å². The standard InChI is InChI=1S/C31H34N6O5/c1-17-33-23-6-4-18(14-25(23)41-17)21-16-32-27-26(21)28(42-20-8-10-31(2,39)11-9-20)36-30(35-27)34-22-7-5-19(15-24(22)40-3)29(38)37-12-13-37/h4-7,14-16,20,29,38-39H,8-13H2,1-3H3,(H2,32,34,35,36). The average molecular weight is 571 g/mol. The van der Waals surface area contributed by atoms with Crippen molar-refractivity contribution in [3.63, 3.8) is 0 Å². The fourth-order valence-electron chi connectivity index (χ4n) is 5.67. The van der Waals surface area contributed by atoms with Gasteiger partial charge in [0.05, 0.1) is 23.8 Å². The van der Waals surface area contributed by atoms with Crippen molar-refractivity contribution in [1.82, 2.24) is 24.8 Å². The minimum atomic E-state index is -0.676. The van der Waals surface area contributed by atoms with Crippen molar-refractivity contribution in [1.29, 1.82) is 0 Å². The lowest BCUT2D eigenvalue weighted by molar-refractivity contribution is -0.0114. The van der Waals surface area contributed by atoms with Crippen molar-refractivity contribution in [3.05, 3.63) is 54.0 Å². The van der Waals surface area contributed by atoms with Crippen molar-refractivity contribution in [2.24, 2.45) is 0 Å². The number of ether oxygens (including phenoxy) is 2. The molecular formula is C31H34N6O5. The highest BCUT2D eigenvalue weighted by Gasteiger charge is 2.31. The van der Waals surface area contributed by atoms with Gasteiger partial charge in [0.1, 0.15) is 29.2 Å². The molecule has 0 spiro atoms. The van der Waals surface area contributed by atoms with Gasteiger partial charge >= 0.3 is 0 Å². The number of hydrogen-bond acceptors (Lipinski definition) is 10. The van der Waals surface area contributed by atoms with E-state index in [2.05, 4.69) is 15.3 Å². The molecule has 11 heteroatoms. The molecule has 7 rings (SSSR count). The molecule has 4 N–H and O–H groups in total. The van der Waals surface area contributed by atoms with Crippen LogP contribution in [0.15, 0.2) is 47.0 Å². The first-order valence-electron chi connectivity index (χ1n) is 14.3.